The van der Waals surface area contributed by atoms with Gasteiger partial charge in [0.15, 0.2) is 0 Å². The maximum absolute atomic E-state index is 5.69. The van der Waals surface area contributed by atoms with Gasteiger partial charge >= 0.3 is 0 Å². The summed E-state index contributed by atoms with van der Waals surface area (Å²) in [6, 6.07) is 0.545. The van der Waals surface area contributed by atoms with E-state index in [-0.39, 0.29) is 0 Å². The Hall–Kier alpha value is -0.240. The molecule has 6 heteroatoms. The molecule has 6 nitrogen and oxygen atoms in total. The van der Waals surface area contributed by atoms with Gasteiger partial charge in [0.1, 0.15) is 0 Å². The molecule has 0 aromatic heterocycles. The van der Waals surface area contributed by atoms with Crippen molar-refractivity contribution in [1.29, 1.82) is 0 Å². The molecule has 0 aromatic carbocycles. The van der Waals surface area contributed by atoms with Crippen LogP contribution in [-0.2, 0) is 9.47 Å². The smallest absolute Gasteiger partial charge is 0.0594 e. The van der Waals surface area contributed by atoms with Crippen LogP contribution >= 0.6 is 0 Å². The Morgan fingerprint density at radius 2 is 1.42 bits per heavy atom. The van der Waals surface area contributed by atoms with Crippen LogP contribution in [0.15, 0.2) is 0 Å². The van der Waals surface area contributed by atoms with Crippen LogP contribution in [-0.4, -0.2) is 101 Å². The van der Waals surface area contributed by atoms with Crippen LogP contribution in [0.5, 0.6) is 0 Å². The van der Waals surface area contributed by atoms with Crippen molar-refractivity contribution >= 4 is 0 Å². The van der Waals surface area contributed by atoms with Gasteiger partial charge in [-0.1, -0.05) is 20.8 Å². The van der Waals surface area contributed by atoms with E-state index in [4.69, 9.17) is 9.47 Å². The quantitative estimate of drug-likeness (QED) is 0.441. The zero-order chi connectivity index (χ0) is 17.3. The highest BCUT2D eigenvalue weighted by atomic mass is 16.5. The van der Waals surface area contributed by atoms with Gasteiger partial charge in [-0.05, 0) is 6.54 Å². The van der Waals surface area contributed by atoms with Gasteiger partial charge in [-0.3, -0.25) is 9.80 Å². The number of hydrogen-bond acceptors (Lipinski definition) is 6. The lowest BCUT2D eigenvalue weighted by Crippen LogP contribution is -2.72. The first-order valence-electron chi connectivity index (χ1n) is 9.68. The van der Waals surface area contributed by atoms with E-state index in [1.165, 1.54) is 26.2 Å². The zero-order valence-electron chi connectivity index (χ0n) is 16.0. The number of likely N-dealkylation sites (N-methyl/N-ethyl adjacent to an activating group) is 1. The normalized spacial score (nSPS) is 20.5. The van der Waals surface area contributed by atoms with E-state index in [0.717, 1.165) is 59.2 Å². The predicted molar refractivity (Wildman–Crippen MR) is 98.6 cm³/mol. The maximum Gasteiger partial charge on any atom is 0.0594 e. The summed E-state index contributed by atoms with van der Waals surface area (Å²) in [6.07, 6.45) is 0. The highest BCUT2D eigenvalue weighted by Crippen LogP contribution is 2.38. The Morgan fingerprint density at radius 3 is 1.92 bits per heavy atom. The third kappa shape index (κ3) is 6.94. The summed E-state index contributed by atoms with van der Waals surface area (Å²) in [6.45, 7) is 19.9. The van der Waals surface area contributed by atoms with Crippen molar-refractivity contribution in [3.05, 3.63) is 0 Å². The third-order valence-electron chi connectivity index (χ3n) is 4.81. The summed E-state index contributed by atoms with van der Waals surface area (Å²) >= 11 is 0. The molecule has 2 fully saturated rings. The summed E-state index contributed by atoms with van der Waals surface area (Å²) in [5.74, 6) is 0. The Balaban J connectivity index is 1.37. The van der Waals surface area contributed by atoms with Crippen molar-refractivity contribution in [3.8, 4) is 0 Å². The van der Waals surface area contributed by atoms with Crippen molar-refractivity contribution in [1.82, 2.24) is 20.4 Å². The Morgan fingerprint density at radius 1 is 0.875 bits per heavy atom. The van der Waals surface area contributed by atoms with Crippen LogP contribution < -0.4 is 10.6 Å². The average Bonchev–Trinajstić information content (AvgIpc) is 2.47. The van der Waals surface area contributed by atoms with Crippen molar-refractivity contribution < 1.29 is 9.47 Å². The highest BCUT2D eigenvalue weighted by molar-refractivity contribution is 5.05. The molecule has 0 bridgehead atoms. The SMILES string of the molecule is CCNCCOCCN1CC2(C1)CN(CCOCCNC(C)C)C2. The number of hydrogen-bond donors (Lipinski definition) is 2. The molecule has 0 saturated carbocycles. The number of ether oxygens (including phenoxy) is 2. The van der Waals surface area contributed by atoms with Gasteiger partial charge in [0.25, 0.3) is 0 Å². The van der Waals surface area contributed by atoms with Gasteiger partial charge in [-0.25, -0.2) is 0 Å². The van der Waals surface area contributed by atoms with E-state index in [1.807, 2.05) is 0 Å². The fourth-order valence-corrected chi connectivity index (χ4v) is 3.65. The molecule has 0 atom stereocenters. The summed E-state index contributed by atoms with van der Waals surface area (Å²) in [4.78, 5) is 5.05. The summed E-state index contributed by atoms with van der Waals surface area (Å²) in [7, 11) is 0. The van der Waals surface area contributed by atoms with Crippen LogP contribution in [0.2, 0.25) is 0 Å². The van der Waals surface area contributed by atoms with Gasteiger partial charge in [0.2, 0.25) is 0 Å². The molecule has 2 N–H and O–H groups in total. The molecule has 0 amide bonds. The maximum atomic E-state index is 5.69. The van der Waals surface area contributed by atoms with Crippen LogP contribution in [0.25, 0.3) is 0 Å². The first-order valence-corrected chi connectivity index (χ1v) is 9.68. The van der Waals surface area contributed by atoms with E-state index >= 15 is 0 Å². The Kier molecular flexibility index (Phi) is 8.94. The first-order chi connectivity index (χ1) is 11.6. The molecule has 1 spiro atoms. The first kappa shape index (κ1) is 20.1. The third-order valence-corrected chi connectivity index (χ3v) is 4.81. The van der Waals surface area contributed by atoms with Crippen LogP contribution in [0.3, 0.4) is 0 Å². The Bertz CT molecular complexity index is 327. The molecule has 0 unspecified atom stereocenters. The minimum absolute atomic E-state index is 0.545. The largest absolute Gasteiger partial charge is 0.379 e. The van der Waals surface area contributed by atoms with E-state index in [1.54, 1.807) is 0 Å². The lowest BCUT2D eigenvalue weighted by atomic mass is 9.73. The van der Waals surface area contributed by atoms with Gasteiger partial charge in [-0.15, -0.1) is 0 Å². The zero-order valence-corrected chi connectivity index (χ0v) is 16.0. The van der Waals surface area contributed by atoms with Crippen molar-refractivity contribution in [2.24, 2.45) is 5.41 Å². The Labute approximate surface area is 148 Å². The lowest BCUT2D eigenvalue weighted by Gasteiger charge is -2.60. The molecule has 2 rings (SSSR count). The molecule has 24 heavy (non-hydrogen) atoms. The molecule has 0 radical (unpaired) electrons. The van der Waals surface area contributed by atoms with Crippen molar-refractivity contribution in [2.75, 3.05) is 85.3 Å². The molecule has 0 aromatic rings. The highest BCUT2D eigenvalue weighted by Gasteiger charge is 2.50. The fraction of sp³-hybridized carbons (Fsp3) is 1.00. The minimum atomic E-state index is 0.545. The van der Waals surface area contributed by atoms with Crippen molar-refractivity contribution in [3.63, 3.8) is 0 Å². The van der Waals surface area contributed by atoms with Gasteiger partial charge in [0.05, 0.1) is 26.4 Å². The van der Waals surface area contributed by atoms with Crippen LogP contribution in [0.1, 0.15) is 20.8 Å². The molecule has 2 saturated heterocycles. The number of nitrogens with zero attached hydrogens (tertiary/aromatic N) is 2. The second-order valence-corrected chi connectivity index (χ2v) is 7.61. The van der Waals surface area contributed by atoms with E-state index in [2.05, 4.69) is 41.2 Å². The monoisotopic (exact) mass is 342 g/mol. The van der Waals surface area contributed by atoms with Gasteiger partial charge in [0, 0.05) is 63.8 Å². The fourth-order valence-electron chi connectivity index (χ4n) is 3.65. The van der Waals surface area contributed by atoms with Crippen molar-refractivity contribution in [2.45, 2.75) is 26.8 Å². The lowest BCUT2D eigenvalue weighted by molar-refractivity contribution is -0.123. The number of rotatable bonds is 14. The molecule has 2 aliphatic rings. The molecule has 142 valence electrons. The van der Waals surface area contributed by atoms with Gasteiger partial charge < -0.3 is 20.1 Å². The average molecular weight is 343 g/mol. The van der Waals surface area contributed by atoms with Crippen LogP contribution in [0, 0.1) is 5.41 Å². The summed E-state index contributed by atoms with van der Waals surface area (Å²) in [5.41, 5.74) is 0.586. The second-order valence-electron chi connectivity index (χ2n) is 7.61. The van der Waals surface area contributed by atoms with E-state index < -0.39 is 0 Å². The standard InChI is InChI=1S/C18H38N4O2/c1-4-19-5-9-23-11-7-21-13-18(14-21)15-22(16-18)8-12-24-10-6-20-17(2)3/h17,19-20H,4-16H2,1-3H3. The van der Waals surface area contributed by atoms with E-state index in [0.29, 0.717) is 11.5 Å². The summed E-state index contributed by atoms with van der Waals surface area (Å²) < 4.78 is 11.3. The topological polar surface area (TPSA) is 49.0 Å². The minimum Gasteiger partial charge on any atom is -0.379 e. The number of likely N-dealkylation sites (tertiary alicyclic amines) is 2. The molecule has 2 aliphatic heterocycles. The molecule has 2 heterocycles. The molecular weight excluding hydrogens is 304 g/mol. The van der Waals surface area contributed by atoms with E-state index in [9.17, 15) is 0 Å². The molecule has 0 aliphatic carbocycles. The van der Waals surface area contributed by atoms with Gasteiger partial charge in [-0.2, -0.15) is 0 Å². The second kappa shape index (κ2) is 10.7. The summed E-state index contributed by atoms with van der Waals surface area (Å²) in [5, 5.41) is 6.65. The predicted octanol–water partition coefficient (Wildman–Crippen LogP) is 0.245. The van der Waals surface area contributed by atoms with Crippen LogP contribution in [0.4, 0.5) is 0 Å². The number of nitrogens with one attached hydrogen (secondary N) is 2. The molecular formula is C18H38N4O2.